The lowest BCUT2D eigenvalue weighted by Crippen LogP contribution is -2.00. The minimum absolute atomic E-state index is 0.109. The van der Waals surface area contributed by atoms with Gasteiger partial charge in [-0.05, 0) is 25.5 Å². The van der Waals surface area contributed by atoms with Gasteiger partial charge in [0.2, 0.25) is 0 Å². The van der Waals surface area contributed by atoms with Crippen molar-refractivity contribution in [2.75, 3.05) is 12.4 Å². The average molecular weight is 228 g/mol. The Kier molecular flexibility index (Phi) is 4.78. The maximum atomic E-state index is 13.3. The molecule has 1 aromatic rings. The number of carbonyl (C=O) groups is 1. The van der Waals surface area contributed by atoms with Crippen molar-refractivity contribution in [3.8, 4) is 0 Å². The van der Waals surface area contributed by atoms with Crippen molar-refractivity contribution in [2.45, 2.75) is 18.2 Å². The van der Waals surface area contributed by atoms with Crippen molar-refractivity contribution < 1.29 is 14.3 Å². The summed E-state index contributed by atoms with van der Waals surface area (Å²) in [5.74, 6) is -0.0589. The van der Waals surface area contributed by atoms with Gasteiger partial charge in [-0.1, -0.05) is 6.07 Å². The van der Waals surface area contributed by atoms with Crippen molar-refractivity contribution in [3.63, 3.8) is 0 Å². The number of aliphatic hydroxyl groups is 1. The summed E-state index contributed by atoms with van der Waals surface area (Å²) in [7, 11) is 0. The maximum Gasteiger partial charge on any atom is 0.163 e. The number of rotatable bonds is 5. The van der Waals surface area contributed by atoms with Crippen LogP contribution in [0.2, 0.25) is 0 Å². The van der Waals surface area contributed by atoms with Crippen LogP contribution in [0.4, 0.5) is 4.39 Å². The van der Waals surface area contributed by atoms with Crippen molar-refractivity contribution in [1.82, 2.24) is 0 Å². The van der Waals surface area contributed by atoms with Crippen molar-refractivity contribution >= 4 is 17.5 Å². The first-order valence-electron chi connectivity index (χ1n) is 4.70. The van der Waals surface area contributed by atoms with Gasteiger partial charge in [0.1, 0.15) is 5.82 Å². The van der Waals surface area contributed by atoms with E-state index in [2.05, 4.69) is 0 Å². The van der Waals surface area contributed by atoms with Gasteiger partial charge in [0.15, 0.2) is 5.78 Å². The number of carbonyl (C=O) groups excluding carboxylic acids is 1. The maximum absolute atomic E-state index is 13.3. The van der Waals surface area contributed by atoms with E-state index in [1.807, 2.05) is 0 Å². The van der Waals surface area contributed by atoms with Crippen LogP contribution >= 0.6 is 11.8 Å². The van der Waals surface area contributed by atoms with Crippen LogP contribution in [0.5, 0.6) is 0 Å². The molecule has 0 bridgehead atoms. The average Bonchev–Trinajstić information content (AvgIpc) is 2.17. The number of hydrogen-bond donors (Lipinski definition) is 1. The molecule has 15 heavy (non-hydrogen) atoms. The Labute approximate surface area is 92.5 Å². The van der Waals surface area contributed by atoms with Crippen LogP contribution in [0.15, 0.2) is 23.1 Å². The molecule has 0 aromatic heterocycles. The van der Waals surface area contributed by atoms with Crippen LogP contribution in [-0.4, -0.2) is 23.2 Å². The fourth-order valence-corrected chi connectivity index (χ4v) is 2.27. The molecule has 0 aliphatic rings. The monoisotopic (exact) mass is 228 g/mol. The van der Waals surface area contributed by atoms with Crippen molar-refractivity contribution in [2.24, 2.45) is 0 Å². The second kappa shape index (κ2) is 5.88. The van der Waals surface area contributed by atoms with Gasteiger partial charge in [0.25, 0.3) is 0 Å². The predicted molar refractivity (Wildman–Crippen MR) is 58.8 cm³/mol. The lowest BCUT2D eigenvalue weighted by molar-refractivity contribution is 0.101. The molecule has 82 valence electrons. The molecule has 0 unspecified atom stereocenters. The molecule has 0 atom stereocenters. The molecular formula is C11H13FO2S. The third kappa shape index (κ3) is 3.32. The number of benzene rings is 1. The van der Waals surface area contributed by atoms with Gasteiger partial charge in [0, 0.05) is 17.3 Å². The zero-order valence-corrected chi connectivity index (χ0v) is 9.31. The smallest absolute Gasteiger partial charge is 0.163 e. The predicted octanol–water partition coefficient (Wildman–Crippen LogP) is 2.50. The second-order valence-corrected chi connectivity index (χ2v) is 4.23. The zero-order chi connectivity index (χ0) is 11.3. The molecule has 0 aliphatic carbocycles. The highest BCUT2D eigenvalue weighted by molar-refractivity contribution is 7.99. The number of aliphatic hydroxyl groups excluding tert-OH is 1. The van der Waals surface area contributed by atoms with E-state index in [9.17, 15) is 9.18 Å². The third-order valence-corrected chi connectivity index (χ3v) is 3.03. The third-order valence-electron chi connectivity index (χ3n) is 1.89. The minimum Gasteiger partial charge on any atom is -0.396 e. The van der Waals surface area contributed by atoms with Crippen LogP contribution in [0.25, 0.3) is 0 Å². The number of thioether (sulfide) groups is 1. The summed E-state index contributed by atoms with van der Waals surface area (Å²) in [6, 6.07) is 4.59. The molecule has 0 spiro atoms. The van der Waals surface area contributed by atoms with E-state index in [-0.39, 0.29) is 18.0 Å². The molecule has 2 nitrogen and oxygen atoms in total. The van der Waals surface area contributed by atoms with E-state index < -0.39 is 5.82 Å². The number of Topliss-reactive ketones (excluding diaryl/α,β-unsaturated/α-hetero) is 1. The summed E-state index contributed by atoms with van der Waals surface area (Å²) in [5.41, 5.74) is 0.153. The van der Waals surface area contributed by atoms with E-state index in [4.69, 9.17) is 5.11 Å². The van der Waals surface area contributed by atoms with Gasteiger partial charge in [-0.25, -0.2) is 4.39 Å². The van der Waals surface area contributed by atoms with Crippen LogP contribution in [0, 0.1) is 5.82 Å². The van der Waals surface area contributed by atoms with E-state index >= 15 is 0 Å². The van der Waals surface area contributed by atoms with E-state index in [1.54, 1.807) is 12.1 Å². The Morgan fingerprint density at radius 2 is 2.27 bits per heavy atom. The lowest BCUT2D eigenvalue weighted by Gasteiger charge is -2.06. The highest BCUT2D eigenvalue weighted by Crippen LogP contribution is 2.25. The van der Waals surface area contributed by atoms with Gasteiger partial charge in [-0.2, -0.15) is 0 Å². The normalized spacial score (nSPS) is 10.3. The van der Waals surface area contributed by atoms with Crippen LogP contribution < -0.4 is 0 Å². The Morgan fingerprint density at radius 1 is 1.53 bits per heavy atom. The summed E-state index contributed by atoms with van der Waals surface area (Å²) in [4.78, 5) is 11.9. The van der Waals surface area contributed by atoms with Crippen LogP contribution in [-0.2, 0) is 0 Å². The molecule has 0 saturated carbocycles. The van der Waals surface area contributed by atoms with Gasteiger partial charge < -0.3 is 5.11 Å². The zero-order valence-electron chi connectivity index (χ0n) is 8.50. The molecule has 4 heteroatoms. The molecule has 0 heterocycles. The SMILES string of the molecule is CC(=O)c1c(F)cccc1SCCCO. The Bertz CT molecular complexity index is 352. The van der Waals surface area contributed by atoms with E-state index in [1.165, 1.54) is 24.8 Å². The lowest BCUT2D eigenvalue weighted by atomic mass is 10.1. The van der Waals surface area contributed by atoms with Gasteiger partial charge in [-0.15, -0.1) is 11.8 Å². The molecule has 0 radical (unpaired) electrons. The summed E-state index contributed by atoms with van der Waals surface area (Å²) >= 11 is 1.39. The van der Waals surface area contributed by atoms with E-state index in [0.717, 1.165) is 0 Å². The van der Waals surface area contributed by atoms with Gasteiger partial charge in [-0.3, -0.25) is 4.79 Å². The molecular weight excluding hydrogens is 215 g/mol. The molecule has 0 amide bonds. The summed E-state index contributed by atoms with van der Waals surface area (Å²) in [5, 5.41) is 8.62. The van der Waals surface area contributed by atoms with Crippen LogP contribution in [0.3, 0.4) is 0 Å². The Balaban J connectivity index is 2.86. The summed E-state index contributed by atoms with van der Waals surface area (Å²) in [6.45, 7) is 1.46. The molecule has 0 fully saturated rings. The highest BCUT2D eigenvalue weighted by Gasteiger charge is 2.12. The van der Waals surface area contributed by atoms with Crippen molar-refractivity contribution in [3.05, 3.63) is 29.6 Å². The standard InChI is InChI=1S/C11H13FO2S/c1-8(14)11-9(12)4-2-5-10(11)15-7-3-6-13/h2,4-5,13H,3,6-7H2,1H3. The first-order chi connectivity index (χ1) is 7.16. The summed E-state index contributed by atoms with van der Waals surface area (Å²) in [6.07, 6.45) is 0.637. The fourth-order valence-electron chi connectivity index (χ4n) is 1.21. The first-order valence-corrected chi connectivity index (χ1v) is 5.68. The molecule has 1 N–H and O–H groups in total. The first kappa shape index (κ1) is 12.2. The second-order valence-electron chi connectivity index (χ2n) is 3.09. The minimum atomic E-state index is -0.475. The van der Waals surface area contributed by atoms with Crippen LogP contribution in [0.1, 0.15) is 23.7 Å². The summed E-state index contributed by atoms with van der Waals surface area (Å²) < 4.78 is 13.3. The molecule has 0 aliphatic heterocycles. The fraction of sp³-hybridized carbons (Fsp3) is 0.364. The Hall–Kier alpha value is -0.870. The molecule has 0 saturated heterocycles. The van der Waals surface area contributed by atoms with Gasteiger partial charge >= 0.3 is 0 Å². The number of hydrogen-bond acceptors (Lipinski definition) is 3. The number of ketones is 1. The molecule has 1 aromatic carbocycles. The topological polar surface area (TPSA) is 37.3 Å². The van der Waals surface area contributed by atoms with E-state index in [0.29, 0.717) is 17.1 Å². The largest absolute Gasteiger partial charge is 0.396 e. The number of halogens is 1. The quantitative estimate of drug-likeness (QED) is 0.478. The molecule has 1 rings (SSSR count). The van der Waals surface area contributed by atoms with Gasteiger partial charge in [0.05, 0.1) is 5.56 Å². The highest BCUT2D eigenvalue weighted by atomic mass is 32.2. The Morgan fingerprint density at radius 3 is 2.87 bits per heavy atom. The van der Waals surface area contributed by atoms with Crippen molar-refractivity contribution in [1.29, 1.82) is 0 Å².